The normalized spacial score (nSPS) is 18.3. The molecule has 1 aliphatic heterocycles. The topological polar surface area (TPSA) is 69.8 Å². The van der Waals surface area contributed by atoms with Gasteiger partial charge in [0, 0.05) is 25.2 Å². The van der Waals surface area contributed by atoms with Crippen LogP contribution in [0.5, 0.6) is 0 Å². The molecular weight excluding hydrogens is 290 g/mol. The van der Waals surface area contributed by atoms with Crippen LogP contribution >= 0.6 is 0 Å². The van der Waals surface area contributed by atoms with Gasteiger partial charge in [0.15, 0.2) is 0 Å². The minimum atomic E-state index is -0.381. The molecule has 1 saturated heterocycles. The highest BCUT2D eigenvalue weighted by Crippen LogP contribution is 2.19. The lowest BCUT2D eigenvalue weighted by molar-refractivity contribution is 0.0919. The maximum Gasteiger partial charge on any atom is 0.248 e. The van der Waals surface area contributed by atoms with Gasteiger partial charge >= 0.3 is 0 Å². The molecule has 1 atom stereocenters. The first-order valence-electron chi connectivity index (χ1n) is 8.41. The van der Waals surface area contributed by atoms with Crippen LogP contribution in [0.15, 0.2) is 24.3 Å². The number of carbonyl (C=O) groups is 1. The minimum Gasteiger partial charge on any atom is -0.392 e. The Morgan fingerprint density at radius 2 is 1.96 bits per heavy atom. The van der Waals surface area contributed by atoms with Crippen LogP contribution in [0.2, 0.25) is 0 Å². The second kappa shape index (κ2) is 8.43. The lowest BCUT2D eigenvalue weighted by Gasteiger charge is -2.34. The van der Waals surface area contributed by atoms with Gasteiger partial charge in [0.05, 0.1) is 6.10 Å². The molecule has 0 radical (unpaired) electrons. The summed E-state index contributed by atoms with van der Waals surface area (Å²) in [5.74, 6) is 0.337. The van der Waals surface area contributed by atoms with Gasteiger partial charge in [-0.2, -0.15) is 0 Å². The van der Waals surface area contributed by atoms with Gasteiger partial charge in [-0.3, -0.25) is 4.79 Å². The van der Waals surface area contributed by atoms with E-state index in [0.717, 1.165) is 38.6 Å². The van der Waals surface area contributed by atoms with Crippen LogP contribution in [0, 0.1) is 5.92 Å². The molecule has 5 nitrogen and oxygen atoms in total. The zero-order chi connectivity index (χ0) is 16.8. The van der Waals surface area contributed by atoms with Gasteiger partial charge in [-0.15, -0.1) is 0 Å². The van der Waals surface area contributed by atoms with E-state index in [0.29, 0.717) is 5.56 Å². The molecule has 1 amide bonds. The van der Waals surface area contributed by atoms with Gasteiger partial charge < -0.3 is 20.6 Å². The molecule has 2 rings (SSSR count). The van der Waals surface area contributed by atoms with Crippen LogP contribution in [0.4, 0.5) is 0 Å². The maximum atomic E-state index is 11.1. The molecule has 5 heteroatoms. The summed E-state index contributed by atoms with van der Waals surface area (Å²) < 4.78 is 0. The zero-order valence-electron chi connectivity index (χ0n) is 14.2. The van der Waals surface area contributed by atoms with Crippen molar-refractivity contribution in [1.82, 2.24) is 9.80 Å². The third kappa shape index (κ3) is 5.94. The fourth-order valence-electron chi connectivity index (χ4n) is 3.32. The molecule has 0 aliphatic carbocycles. The molecule has 0 aromatic heterocycles. The molecule has 23 heavy (non-hydrogen) atoms. The Labute approximate surface area is 139 Å². The number of primary amides is 1. The highest BCUT2D eigenvalue weighted by molar-refractivity contribution is 5.92. The molecule has 1 fully saturated rings. The SMILES string of the molecule is C[C@@H](O)CN1CCC(CN(C)Cc2ccc(C(N)=O)cc2)CC1. The molecule has 0 saturated carbocycles. The summed E-state index contributed by atoms with van der Waals surface area (Å²) in [5.41, 5.74) is 7.02. The lowest BCUT2D eigenvalue weighted by atomic mass is 9.96. The average molecular weight is 319 g/mol. The van der Waals surface area contributed by atoms with Crippen molar-refractivity contribution in [2.75, 3.05) is 33.2 Å². The summed E-state index contributed by atoms with van der Waals surface area (Å²) in [6, 6.07) is 7.53. The Kier molecular flexibility index (Phi) is 6.57. The van der Waals surface area contributed by atoms with Gasteiger partial charge in [-0.05, 0) is 63.5 Å². The summed E-state index contributed by atoms with van der Waals surface area (Å²) in [6.07, 6.45) is 2.15. The van der Waals surface area contributed by atoms with Crippen molar-refractivity contribution in [3.05, 3.63) is 35.4 Å². The van der Waals surface area contributed by atoms with E-state index in [2.05, 4.69) is 16.8 Å². The van der Waals surface area contributed by atoms with Crippen LogP contribution in [-0.2, 0) is 6.54 Å². The van der Waals surface area contributed by atoms with Crippen molar-refractivity contribution in [3.63, 3.8) is 0 Å². The second-order valence-electron chi connectivity index (χ2n) is 6.85. The van der Waals surface area contributed by atoms with Crippen molar-refractivity contribution in [1.29, 1.82) is 0 Å². The third-order valence-electron chi connectivity index (χ3n) is 4.49. The Balaban J connectivity index is 1.75. The number of piperidine rings is 1. The number of aliphatic hydroxyl groups is 1. The number of likely N-dealkylation sites (tertiary alicyclic amines) is 1. The van der Waals surface area contributed by atoms with Gasteiger partial charge in [0.1, 0.15) is 0 Å². The highest BCUT2D eigenvalue weighted by Gasteiger charge is 2.21. The Bertz CT molecular complexity index is 493. The second-order valence-corrected chi connectivity index (χ2v) is 6.85. The van der Waals surface area contributed by atoms with Crippen LogP contribution < -0.4 is 5.73 Å². The third-order valence-corrected chi connectivity index (χ3v) is 4.49. The van der Waals surface area contributed by atoms with E-state index < -0.39 is 0 Å². The maximum absolute atomic E-state index is 11.1. The number of nitrogens with two attached hydrogens (primary N) is 1. The molecule has 0 bridgehead atoms. The number of carbonyl (C=O) groups excluding carboxylic acids is 1. The van der Waals surface area contributed by atoms with E-state index in [9.17, 15) is 9.90 Å². The summed E-state index contributed by atoms with van der Waals surface area (Å²) in [4.78, 5) is 15.8. The first kappa shape index (κ1) is 17.9. The number of rotatable bonds is 7. The van der Waals surface area contributed by atoms with Crippen molar-refractivity contribution < 1.29 is 9.90 Å². The number of aliphatic hydroxyl groups excluding tert-OH is 1. The molecule has 3 N–H and O–H groups in total. The molecule has 128 valence electrons. The molecule has 1 aliphatic rings. The van der Waals surface area contributed by atoms with E-state index in [-0.39, 0.29) is 12.0 Å². The van der Waals surface area contributed by atoms with E-state index in [1.807, 2.05) is 19.1 Å². The summed E-state index contributed by atoms with van der Waals surface area (Å²) in [7, 11) is 2.14. The Morgan fingerprint density at radius 1 is 1.35 bits per heavy atom. The van der Waals surface area contributed by atoms with Gasteiger partial charge in [-0.25, -0.2) is 0 Å². The number of β-amino-alcohol motifs (C(OH)–C–C–N with tert-alkyl or cyclic N) is 1. The van der Waals surface area contributed by atoms with Gasteiger partial charge in [0.2, 0.25) is 5.91 Å². The number of hydrogen-bond acceptors (Lipinski definition) is 4. The molecule has 0 spiro atoms. The van der Waals surface area contributed by atoms with Gasteiger partial charge in [-0.1, -0.05) is 12.1 Å². The fourth-order valence-corrected chi connectivity index (χ4v) is 3.32. The Morgan fingerprint density at radius 3 is 2.48 bits per heavy atom. The predicted molar refractivity (Wildman–Crippen MR) is 92.1 cm³/mol. The zero-order valence-corrected chi connectivity index (χ0v) is 14.2. The first-order valence-corrected chi connectivity index (χ1v) is 8.41. The van der Waals surface area contributed by atoms with Crippen LogP contribution in [0.1, 0.15) is 35.7 Å². The highest BCUT2D eigenvalue weighted by atomic mass is 16.3. The number of amides is 1. The molecule has 0 unspecified atom stereocenters. The van der Waals surface area contributed by atoms with E-state index in [4.69, 9.17) is 5.73 Å². The standard InChI is InChI=1S/C18H29N3O2/c1-14(22)11-21-9-7-16(8-10-21)13-20(2)12-15-3-5-17(6-4-15)18(19)23/h3-6,14,16,22H,7-13H2,1-2H3,(H2,19,23)/t14-/m1/s1. The minimum absolute atomic E-state index is 0.238. The number of hydrogen-bond donors (Lipinski definition) is 2. The van der Waals surface area contributed by atoms with Crippen molar-refractivity contribution in [3.8, 4) is 0 Å². The summed E-state index contributed by atoms with van der Waals surface area (Å²) in [6.45, 7) is 6.76. The van der Waals surface area contributed by atoms with Crippen molar-refractivity contribution in [2.24, 2.45) is 11.7 Å². The fraction of sp³-hybridized carbons (Fsp3) is 0.611. The summed E-state index contributed by atoms with van der Waals surface area (Å²) in [5, 5.41) is 9.46. The largest absolute Gasteiger partial charge is 0.392 e. The molecule has 1 heterocycles. The van der Waals surface area contributed by atoms with E-state index >= 15 is 0 Å². The van der Waals surface area contributed by atoms with E-state index in [1.165, 1.54) is 18.4 Å². The van der Waals surface area contributed by atoms with Crippen molar-refractivity contribution >= 4 is 5.91 Å². The smallest absolute Gasteiger partial charge is 0.248 e. The van der Waals surface area contributed by atoms with E-state index in [1.54, 1.807) is 12.1 Å². The number of nitrogens with zero attached hydrogens (tertiary/aromatic N) is 2. The van der Waals surface area contributed by atoms with Crippen LogP contribution in [0.25, 0.3) is 0 Å². The molecule has 1 aromatic carbocycles. The van der Waals surface area contributed by atoms with Gasteiger partial charge in [0.25, 0.3) is 0 Å². The van der Waals surface area contributed by atoms with Crippen LogP contribution in [0.3, 0.4) is 0 Å². The first-order chi connectivity index (χ1) is 10.9. The predicted octanol–water partition coefficient (Wildman–Crippen LogP) is 1.31. The quantitative estimate of drug-likeness (QED) is 0.795. The molecule has 1 aromatic rings. The van der Waals surface area contributed by atoms with Crippen molar-refractivity contribution in [2.45, 2.75) is 32.4 Å². The monoisotopic (exact) mass is 319 g/mol. The average Bonchev–Trinajstić information content (AvgIpc) is 2.49. The summed E-state index contributed by atoms with van der Waals surface area (Å²) >= 11 is 0. The number of benzene rings is 1. The molecular formula is C18H29N3O2. The lowest BCUT2D eigenvalue weighted by Crippen LogP contribution is -2.40. The Hall–Kier alpha value is -1.43. The van der Waals surface area contributed by atoms with Crippen LogP contribution in [-0.4, -0.2) is 60.1 Å².